The number of carbonyl (C=O) groups excluding carboxylic acids is 1. The fourth-order valence-electron chi connectivity index (χ4n) is 4.00. The van der Waals surface area contributed by atoms with Crippen molar-refractivity contribution in [2.75, 3.05) is 18.0 Å². The maximum atomic E-state index is 14.2. The van der Waals surface area contributed by atoms with Gasteiger partial charge in [-0.3, -0.25) is 9.10 Å². The van der Waals surface area contributed by atoms with Crippen molar-refractivity contribution in [3.63, 3.8) is 0 Å². The van der Waals surface area contributed by atoms with E-state index in [0.717, 1.165) is 10.4 Å². The molecule has 0 aliphatic carbocycles. The molecule has 1 aliphatic rings. The number of ether oxygens (including phenoxy) is 3. The molecule has 13 heteroatoms. The second-order valence-corrected chi connectivity index (χ2v) is 10.8. The standard InChI is InChI=1S/C27H22ClF4NO6S/c1-37-26(34)12-7-17-15-33(40(35,36)18-8-10-22(30)25(14-18)39-27(31)32)23-13-16(6-11-24(23)38-17)5-9-19-20(28)3-2-4-21(19)29/h2-6,8-11,13-14,17,27H,7,12,15H2,1H3/b9-5+/t17-/m0/s1. The summed E-state index contributed by atoms with van der Waals surface area (Å²) in [6.07, 6.45) is 2.21. The number of hydrogen-bond acceptors (Lipinski definition) is 6. The van der Waals surface area contributed by atoms with Crippen molar-refractivity contribution in [2.24, 2.45) is 0 Å². The Kier molecular flexibility index (Phi) is 8.89. The number of sulfonamides is 1. The number of hydrogen-bond donors (Lipinski definition) is 0. The summed E-state index contributed by atoms with van der Waals surface area (Å²) >= 11 is 6.08. The van der Waals surface area contributed by atoms with E-state index < -0.39 is 51.0 Å². The minimum Gasteiger partial charge on any atom is -0.486 e. The lowest BCUT2D eigenvalue weighted by Gasteiger charge is -2.35. The van der Waals surface area contributed by atoms with Crippen LogP contribution in [-0.2, 0) is 19.6 Å². The highest BCUT2D eigenvalue weighted by molar-refractivity contribution is 7.92. The number of alkyl halides is 2. The quantitative estimate of drug-likeness (QED) is 0.163. The number of carbonyl (C=O) groups is 1. The summed E-state index contributed by atoms with van der Waals surface area (Å²) in [7, 11) is -3.27. The van der Waals surface area contributed by atoms with E-state index in [-0.39, 0.29) is 41.4 Å². The number of anilines is 1. The summed E-state index contributed by atoms with van der Waals surface area (Å²) in [5.41, 5.74) is 0.663. The van der Waals surface area contributed by atoms with Gasteiger partial charge in [0.2, 0.25) is 0 Å². The van der Waals surface area contributed by atoms with Gasteiger partial charge in [-0.1, -0.05) is 29.8 Å². The lowest BCUT2D eigenvalue weighted by Crippen LogP contribution is -2.43. The zero-order valence-corrected chi connectivity index (χ0v) is 22.4. The van der Waals surface area contributed by atoms with Crippen LogP contribution in [0.15, 0.2) is 59.5 Å². The Balaban J connectivity index is 1.75. The van der Waals surface area contributed by atoms with Crippen LogP contribution in [0.1, 0.15) is 24.0 Å². The van der Waals surface area contributed by atoms with E-state index in [9.17, 15) is 30.8 Å². The maximum absolute atomic E-state index is 14.2. The highest BCUT2D eigenvalue weighted by Crippen LogP contribution is 2.39. The van der Waals surface area contributed by atoms with Crippen molar-refractivity contribution in [1.29, 1.82) is 0 Å². The first-order valence-corrected chi connectivity index (χ1v) is 13.6. The molecule has 0 aromatic heterocycles. The smallest absolute Gasteiger partial charge is 0.387 e. The van der Waals surface area contributed by atoms with Gasteiger partial charge in [-0.25, -0.2) is 17.2 Å². The van der Waals surface area contributed by atoms with Gasteiger partial charge in [0.05, 0.1) is 29.3 Å². The summed E-state index contributed by atoms with van der Waals surface area (Å²) < 4.78 is 96.9. The summed E-state index contributed by atoms with van der Waals surface area (Å²) in [4.78, 5) is 11.2. The van der Waals surface area contributed by atoms with Crippen LogP contribution in [0.4, 0.5) is 23.2 Å². The van der Waals surface area contributed by atoms with Crippen LogP contribution in [0.25, 0.3) is 12.2 Å². The molecular weight excluding hydrogens is 578 g/mol. The van der Waals surface area contributed by atoms with E-state index in [0.29, 0.717) is 17.7 Å². The number of halogens is 5. The van der Waals surface area contributed by atoms with Crippen molar-refractivity contribution in [3.8, 4) is 11.5 Å². The molecule has 0 fully saturated rings. The van der Waals surface area contributed by atoms with Crippen LogP contribution in [0.5, 0.6) is 11.5 Å². The first-order chi connectivity index (χ1) is 19.0. The highest BCUT2D eigenvalue weighted by Gasteiger charge is 2.35. The maximum Gasteiger partial charge on any atom is 0.387 e. The van der Waals surface area contributed by atoms with Gasteiger partial charge in [-0.05, 0) is 54.5 Å². The van der Waals surface area contributed by atoms with E-state index in [1.807, 2.05) is 0 Å². The Labute approximate surface area is 232 Å². The first kappa shape index (κ1) is 29.2. The molecule has 7 nitrogen and oxygen atoms in total. The van der Waals surface area contributed by atoms with E-state index in [2.05, 4.69) is 9.47 Å². The van der Waals surface area contributed by atoms with Gasteiger partial charge in [-0.2, -0.15) is 8.78 Å². The summed E-state index contributed by atoms with van der Waals surface area (Å²) in [6, 6.07) is 11.1. The molecule has 4 rings (SSSR count). The highest BCUT2D eigenvalue weighted by atomic mass is 35.5. The molecule has 0 unspecified atom stereocenters. The van der Waals surface area contributed by atoms with Gasteiger partial charge < -0.3 is 14.2 Å². The van der Waals surface area contributed by atoms with E-state index in [1.165, 1.54) is 49.6 Å². The molecule has 3 aromatic rings. The van der Waals surface area contributed by atoms with E-state index in [4.69, 9.17) is 16.3 Å². The molecule has 0 spiro atoms. The number of fused-ring (bicyclic) bond motifs is 1. The van der Waals surface area contributed by atoms with Crippen molar-refractivity contribution >= 4 is 45.4 Å². The van der Waals surface area contributed by atoms with Crippen LogP contribution in [0.3, 0.4) is 0 Å². The molecule has 0 radical (unpaired) electrons. The van der Waals surface area contributed by atoms with Gasteiger partial charge in [0.1, 0.15) is 17.7 Å². The zero-order valence-electron chi connectivity index (χ0n) is 20.8. The Morgan fingerprint density at radius 1 is 1.12 bits per heavy atom. The number of methoxy groups -OCH3 is 1. The Hall–Kier alpha value is -3.77. The molecule has 1 heterocycles. The van der Waals surface area contributed by atoms with Crippen LogP contribution < -0.4 is 13.8 Å². The molecule has 3 aromatic carbocycles. The summed E-state index contributed by atoms with van der Waals surface area (Å²) in [6.45, 7) is -3.64. The van der Waals surface area contributed by atoms with Gasteiger partial charge >= 0.3 is 12.6 Å². The Morgan fingerprint density at radius 2 is 1.90 bits per heavy atom. The fraction of sp³-hybridized carbons (Fsp3) is 0.222. The van der Waals surface area contributed by atoms with Crippen LogP contribution in [0.2, 0.25) is 5.02 Å². The minimum atomic E-state index is -4.48. The lowest BCUT2D eigenvalue weighted by molar-refractivity contribution is -0.141. The van der Waals surface area contributed by atoms with Crippen LogP contribution in [-0.4, -0.2) is 40.8 Å². The van der Waals surface area contributed by atoms with Crippen LogP contribution >= 0.6 is 11.6 Å². The van der Waals surface area contributed by atoms with Crippen molar-refractivity contribution < 1.29 is 45.0 Å². The fourth-order valence-corrected chi connectivity index (χ4v) is 5.74. The van der Waals surface area contributed by atoms with Gasteiger partial charge in [-0.15, -0.1) is 0 Å². The third-order valence-electron chi connectivity index (χ3n) is 5.96. The molecule has 1 aliphatic heterocycles. The van der Waals surface area contributed by atoms with Crippen LogP contribution in [0, 0.1) is 11.6 Å². The van der Waals surface area contributed by atoms with Gasteiger partial charge in [0, 0.05) is 18.1 Å². The molecular formula is C27H22ClF4NO6S. The molecule has 1 atom stereocenters. The van der Waals surface area contributed by atoms with E-state index >= 15 is 0 Å². The third kappa shape index (κ3) is 6.50. The predicted octanol–water partition coefficient (Wildman–Crippen LogP) is 6.30. The molecule has 0 saturated carbocycles. The molecule has 0 saturated heterocycles. The van der Waals surface area contributed by atoms with E-state index in [1.54, 1.807) is 6.07 Å². The lowest BCUT2D eigenvalue weighted by atomic mass is 10.1. The largest absolute Gasteiger partial charge is 0.486 e. The van der Waals surface area contributed by atoms with Gasteiger partial charge in [0.15, 0.2) is 11.6 Å². The number of rotatable bonds is 9. The number of nitrogens with zero attached hydrogens (tertiary/aromatic N) is 1. The average molecular weight is 600 g/mol. The van der Waals surface area contributed by atoms with Crippen molar-refractivity contribution in [2.45, 2.75) is 30.5 Å². The second kappa shape index (κ2) is 12.2. The normalized spacial score (nSPS) is 15.2. The van der Waals surface area contributed by atoms with Crippen molar-refractivity contribution in [3.05, 3.63) is 82.4 Å². The molecule has 40 heavy (non-hydrogen) atoms. The predicted molar refractivity (Wildman–Crippen MR) is 140 cm³/mol. The second-order valence-electron chi connectivity index (χ2n) is 8.56. The minimum absolute atomic E-state index is 0.0580. The third-order valence-corrected chi connectivity index (χ3v) is 8.07. The summed E-state index contributed by atoms with van der Waals surface area (Å²) in [5.74, 6) is -3.04. The monoisotopic (exact) mass is 599 g/mol. The number of esters is 1. The molecule has 0 amide bonds. The molecule has 212 valence electrons. The van der Waals surface area contributed by atoms with Crippen molar-refractivity contribution in [1.82, 2.24) is 0 Å². The SMILES string of the molecule is COC(=O)CC[C@H]1CN(S(=O)(=O)c2ccc(F)c(OC(F)F)c2)c2cc(/C=C/c3c(F)cccc3Cl)ccc2O1. The first-order valence-electron chi connectivity index (χ1n) is 11.8. The molecule has 0 N–H and O–H groups in total. The topological polar surface area (TPSA) is 82.1 Å². The Bertz CT molecular complexity index is 1530. The zero-order chi connectivity index (χ0) is 29.0. The molecule has 0 bridgehead atoms. The summed E-state index contributed by atoms with van der Waals surface area (Å²) in [5, 5.41) is 0.174. The van der Waals surface area contributed by atoms with Gasteiger partial charge in [0.25, 0.3) is 10.0 Å². The number of benzene rings is 3. The Morgan fingerprint density at radius 3 is 2.60 bits per heavy atom. The average Bonchev–Trinajstić information content (AvgIpc) is 2.91.